The van der Waals surface area contributed by atoms with Crippen molar-refractivity contribution in [2.75, 3.05) is 13.2 Å². The van der Waals surface area contributed by atoms with Crippen molar-refractivity contribution in [3.05, 3.63) is 59.2 Å². The van der Waals surface area contributed by atoms with Gasteiger partial charge in [0, 0.05) is 6.54 Å². The Labute approximate surface area is 159 Å². The zero-order valence-corrected chi connectivity index (χ0v) is 15.8. The number of phenols is 1. The van der Waals surface area contributed by atoms with Gasteiger partial charge in [-0.05, 0) is 79.6 Å². The first kappa shape index (κ1) is 19.4. The lowest BCUT2D eigenvalue weighted by molar-refractivity contribution is 0.0502. The van der Waals surface area contributed by atoms with Gasteiger partial charge in [-0.15, -0.1) is 0 Å². The number of carbonyl (C=O) groups excluding carboxylic acids is 1. The summed E-state index contributed by atoms with van der Waals surface area (Å²) in [6, 6.07) is 11.1. The minimum Gasteiger partial charge on any atom is -0.508 e. The number of phenolic OH excluding ortho intramolecular Hbond substituents is 1. The largest absolute Gasteiger partial charge is 0.508 e. The van der Waals surface area contributed by atoms with Gasteiger partial charge >= 0.3 is 5.97 Å². The van der Waals surface area contributed by atoms with E-state index in [1.165, 1.54) is 29.8 Å². The molecular formula is C20H23NO5S. The first-order valence-electron chi connectivity index (χ1n) is 9.03. The summed E-state index contributed by atoms with van der Waals surface area (Å²) in [5.41, 5.74) is 2.69. The van der Waals surface area contributed by atoms with Crippen LogP contribution in [-0.4, -0.2) is 32.6 Å². The highest BCUT2D eigenvalue weighted by atomic mass is 32.2. The number of esters is 1. The maximum absolute atomic E-state index is 12.4. The summed E-state index contributed by atoms with van der Waals surface area (Å²) < 4.78 is 32.5. The standard InChI is InChI=1S/C20H23NO5S/c22-18-9-6-16(7-10-18)20(23)26-13-3-12-21-27(24,25)19-11-8-15-4-1-2-5-17(15)14-19/h6-11,14,21-22H,1-5,12-13H2. The van der Waals surface area contributed by atoms with Crippen molar-refractivity contribution in [2.45, 2.75) is 37.0 Å². The lowest BCUT2D eigenvalue weighted by Crippen LogP contribution is -2.26. The van der Waals surface area contributed by atoms with Gasteiger partial charge in [0.1, 0.15) is 5.75 Å². The highest BCUT2D eigenvalue weighted by Crippen LogP contribution is 2.24. The molecule has 0 fully saturated rings. The average Bonchev–Trinajstić information content (AvgIpc) is 2.67. The van der Waals surface area contributed by atoms with Crippen LogP contribution in [0, 0.1) is 0 Å². The summed E-state index contributed by atoms with van der Waals surface area (Å²) in [7, 11) is -3.57. The van der Waals surface area contributed by atoms with Crippen molar-refractivity contribution in [3.8, 4) is 5.75 Å². The topological polar surface area (TPSA) is 92.7 Å². The van der Waals surface area contributed by atoms with Gasteiger partial charge in [0.25, 0.3) is 0 Å². The number of hydrogen-bond acceptors (Lipinski definition) is 5. The van der Waals surface area contributed by atoms with E-state index in [1.807, 2.05) is 6.07 Å². The molecule has 2 N–H and O–H groups in total. The predicted octanol–water partition coefficient (Wildman–Crippen LogP) is 2.80. The third-order valence-corrected chi connectivity index (χ3v) is 6.04. The molecule has 0 spiro atoms. The van der Waals surface area contributed by atoms with E-state index >= 15 is 0 Å². The Kier molecular flexibility index (Phi) is 6.13. The fourth-order valence-electron chi connectivity index (χ4n) is 3.08. The van der Waals surface area contributed by atoms with Gasteiger partial charge in [0.05, 0.1) is 17.1 Å². The van der Waals surface area contributed by atoms with Crippen LogP contribution in [0.25, 0.3) is 0 Å². The van der Waals surface area contributed by atoms with E-state index in [0.29, 0.717) is 12.0 Å². The second-order valence-corrected chi connectivity index (χ2v) is 8.34. The maximum atomic E-state index is 12.4. The lowest BCUT2D eigenvalue weighted by atomic mass is 9.92. The Balaban J connectivity index is 1.47. The number of fused-ring (bicyclic) bond motifs is 1. The highest BCUT2D eigenvalue weighted by Gasteiger charge is 2.17. The lowest BCUT2D eigenvalue weighted by Gasteiger charge is -2.16. The number of nitrogens with one attached hydrogen (secondary N) is 1. The quantitative estimate of drug-likeness (QED) is 0.561. The molecule has 144 valence electrons. The van der Waals surface area contributed by atoms with E-state index < -0.39 is 16.0 Å². The minimum absolute atomic E-state index is 0.0723. The number of ether oxygens (including phenoxy) is 1. The van der Waals surface area contributed by atoms with Crippen molar-refractivity contribution in [3.63, 3.8) is 0 Å². The Morgan fingerprint density at radius 3 is 2.48 bits per heavy atom. The first-order valence-corrected chi connectivity index (χ1v) is 10.5. The number of rotatable bonds is 7. The van der Waals surface area contributed by atoms with Crippen LogP contribution in [0.3, 0.4) is 0 Å². The molecule has 6 nitrogen and oxygen atoms in total. The third-order valence-electron chi connectivity index (χ3n) is 4.58. The van der Waals surface area contributed by atoms with Gasteiger partial charge in [0.15, 0.2) is 0 Å². The number of benzene rings is 2. The van der Waals surface area contributed by atoms with Crippen LogP contribution < -0.4 is 4.72 Å². The van der Waals surface area contributed by atoms with Crippen molar-refractivity contribution in [2.24, 2.45) is 0 Å². The Bertz CT molecular complexity index is 906. The SMILES string of the molecule is O=C(OCCCNS(=O)(=O)c1ccc2c(c1)CCCC2)c1ccc(O)cc1. The maximum Gasteiger partial charge on any atom is 0.338 e. The minimum atomic E-state index is -3.57. The van der Waals surface area contributed by atoms with Crippen molar-refractivity contribution < 1.29 is 23.1 Å². The zero-order chi connectivity index (χ0) is 19.3. The molecular weight excluding hydrogens is 366 g/mol. The van der Waals surface area contributed by atoms with E-state index in [4.69, 9.17) is 4.74 Å². The highest BCUT2D eigenvalue weighted by molar-refractivity contribution is 7.89. The predicted molar refractivity (Wildman–Crippen MR) is 101 cm³/mol. The summed E-state index contributed by atoms with van der Waals surface area (Å²) in [4.78, 5) is 12.1. The smallest absolute Gasteiger partial charge is 0.338 e. The molecule has 0 bridgehead atoms. The van der Waals surface area contributed by atoms with Crippen molar-refractivity contribution >= 4 is 16.0 Å². The average molecular weight is 389 g/mol. The molecule has 2 aromatic rings. The number of hydrogen-bond donors (Lipinski definition) is 2. The van der Waals surface area contributed by atoms with E-state index in [0.717, 1.165) is 31.2 Å². The molecule has 0 aromatic heterocycles. The normalized spacial score (nSPS) is 13.8. The Morgan fingerprint density at radius 2 is 1.74 bits per heavy atom. The Hall–Kier alpha value is -2.38. The van der Waals surface area contributed by atoms with Crippen molar-refractivity contribution in [1.82, 2.24) is 4.72 Å². The van der Waals surface area contributed by atoms with Gasteiger partial charge in [-0.1, -0.05) is 6.07 Å². The van der Waals surface area contributed by atoms with Gasteiger partial charge in [-0.25, -0.2) is 17.9 Å². The van der Waals surface area contributed by atoms with Gasteiger partial charge < -0.3 is 9.84 Å². The molecule has 0 aliphatic heterocycles. The summed E-state index contributed by atoms with van der Waals surface area (Å²) >= 11 is 0. The summed E-state index contributed by atoms with van der Waals surface area (Å²) in [5.74, 6) is -0.435. The first-order chi connectivity index (χ1) is 13.0. The van der Waals surface area contributed by atoms with Crippen LogP contribution in [0.15, 0.2) is 47.4 Å². The molecule has 1 aliphatic rings. The molecule has 0 unspecified atom stereocenters. The fourth-order valence-corrected chi connectivity index (χ4v) is 4.21. The molecule has 0 heterocycles. The second-order valence-electron chi connectivity index (χ2n) is 6.57. The molecule has 0 amide bonds. The number of aromatic hydroxyl groups is 1. The molecule has 0 saturated heterocycles. The van der Waals surface area contributed by atoms with Crippen LogP contribution in [-0.2, 0) is 27.6 Å². The second kappa shape index (κ2) is 8.54. The van der Waals surface area contributed by atoms with E-state index in [2.05, 4.69) is 4.72 Å². The van der Waals surface area contributed by atoms with Crippen LogP contribution in [0.2, 0.25) is 0 Å². The van der Waals surface area contributed by atoms with Crippen molar-refractivity contribution in [1.29, 1.82) is 0 Å². The van der Waals surface area contributed by atoms with E-state index in [-0.39, 0.29) is 23.8 Å². The molecule has 27 heavy (non-hydrogen) atoms. The molecule has 0 atom stereocenters. The summed E-state index contributed by atoms with van der Waals surface area (Å²) in [5, 5.41) is 9.20. The van der Waals surface area contributed by atoms with Crippen LogP contribution in [0.5, 0.6) is 5.75 Å². The summed E-state index contributed by atoms with van der Waals surface area (Å²) in [6.07, 6.45) is 4.55. The molecule has 0 saturated carbocycles. The van der Waals surface area contributed by atoms with Gasteiger partial charge in [-0.3, -0.25) is 0 Å². The van der Waals surface area contributed by atoms with Gasteiger partial charge in [-0.2, -0.15) is 0 Å². The Morgan fingerprint density at radius 1 is 1.04 bits per heavy atom. The van der Waals surface area contributed by atoms with Crippen LogP contribution in [0.4, 0.5) is 0 Å². The van der Waals surface area contributed by atoms with Gasteiger partial charge in [0.2, 0.25) is 10.0 Å². The van der Waals surface area contributed by atoms with Crippen LogP contribution in [0.1, 0.15) is 40.7 Å². The van der Waals surface area contributed by atoms with E-state index in [1.54, 1.807) is 12.1 Å². The molecule has 0 radical (unpaired) electrons. The molecule has 7 heteroatoms. The van der Waals surface area contributed by atoms with Crippen LogP contribution >= 0.6 is 0 Å². The number of aryl methyl sites for hydroxylation is 2. The molecule has 3 rings (SSSR count). The third kappa shape index (κ3) is 5.08. The molecule has 1 aliphatic carbocycles. The number of sulfonamides is 1. The van der Waals surface area contributed by atoms with E-state index in [9.17, 15) is 18.3 Å². The number of carbonyl (C=O) groups is 1. The summed E-state index contributed by atoms with van der Waals surface area (Å²) in [6.45, 7) is 0.286. The zero-order valence-electron chi connectivity index (χ0n) is 15.0. The fraction of sp³-hybridized carbons (Fsp3) is 0.350. The monoisotopic (exact) mass is 389 g/mol. The molecule has 2 aromatic carbocycles.